The lowest BCUT2D eigenvalue weighted by molar-refractivity contribution is -0.131. The zero-order chi connectivity index (χ0) is 20.3. The number of β-amino-alcohol motifs (C(OH)–C–C–N with tert-alkyl or cyclic N) is 1. The number of aryl methyl sites for hydroxylation is 1. The van der Waals surface area contributed by atoms with Crippen LogP contribution in [0.15, 0.2) is 47.8 Å². The summed E-state index contributed by atoms with van der Waals surface area (Å²) in [6, 6.07) is 8.19. The monoisotopic (exact) mass is 412 g/mol. The molecule has 4 rings (SSSR count). The standard InChI is InChI=1S/C22H28N4O2S/c1-17-4-2-3-5-19(17)29-15-21(28)25-10-6-22(7-11-25)12-18(27)14-26(16-22)20-13-23-8-9-24-20/h2-5,8-9,13,18,27H,6-7,10-12,14-16H2,1H3. The molecule has 7 heteroatoms. The van der Waals surface area contributed by atoms with E-state index in [0.717, 1.165) is 44.7 Å². The summed E-state index contributed by atoms with van der Waals surface area (Å²) in [6.45, 7) is 5.05. The lowest BCUT2D eigenvalue weighted by Gasteiger charge is -2.49. The van der Waals surface area contributed by atoms with Gasteiger partial charge in [-0.2, -0.15) is 0 Å². The van der Waals surface area contributed by atoms with E-state index in [0.29, 0.717) is 12.3 Å². The number of aromatic nitrogens is 2. The van der Waals surface area contributed by atoms with Crippen molar-refractivity contribution in [2.75, 3.05) is 36.8 Å². The Morgan fingerprint density at radius 3 is 2.79 bits per heavy atom. The van der Waals surface area contributed by atoms with E-state index >= 15 is 0 Å². The number of thioether (sulfide) groups is 1. The number of likely N-dealkylation sites (tertiary alicyclic amines) is 1. The minimum atomic E-state index is -0.371. The van der Waals surface area contributed by atoms with Gasteiger partial charge in [-0.15, -0.1) is 11.8 Å². The zero-order valence-corrected chi connectivity index (χ0v) is 17.6. The van der Waals surface area contributed by atoms with E-state index in [-0.39, 0.29) is 17.4 Å². The Morgan fingerprint density at radius 1 is 1.28 bits per heavy atom. The molecule has 29 heavy (non-hydrogen) atoms. The van der Waals surface area contributed by atoms with Crippen LogP contribution in [0, 0.1) is 12.3 Å². The highest BCUT2D eigenvalue weighted by atomic mass is 32.2. The second-order valence-corrected chi connectivity index (χ2v) is 9.25. The van der Waals surface area contributed by atoms with Gasteiger partial charge in [0.1, 0.15) is 5.82 Å². The number of carbonyl (C=O) groups excluding carboxylic acids is 1. The Balaban J connectivity index is 1.34. The second kappa shape index (κ2) is 8.71. The third kappa shape index (κ3) is 4.73. The first kappa shape index (κ1) is 20.2. The normalized spacial score (nSPS) is 21.4. The van der Waals surface area contributed by atoms with Crippen molar-refractivity contribution in [2.24, 2.45) is 5.41 Å². The summed E-state index contributed by atoms with van der Waals surface area (Å²) in [4.78, 5) is 26.6. The third-order valence-corrected chi connectivity index (χ3v) is 7.28. The summed E-state index contributed by atoms with van der Waals surface area (Å²) in [5, 5.41) is 10.5. The fourth-order valence-electron chi connectivity index (χ4n) is 4.52. The van der Waals surface area contributed by atoms with E-state index in [1.165, 1.54) is 10.5 Å². The quantitative estimate of drug-likeness (QED) is 0.779. The first-order valence-corrected chi connectivity index (χ1v) is 11.2. The minimum Gasteiger partial charge on any atom is -0.391 e. The van der Waals surface area contributed by atoms with Crippen LogP contribution in [-0.4, -0.2) is 63.9 Å². The first-order valence-electron chi connectivity index (χ1n) is 10.2. The maximum atomic E-state index is 12.7. The molecule has 2 fully saturated rings. The number of aliphatic hydroxyl groups is 1. The van der Waals surface area contributed by atoms with Crippen LogP contribution >= 0.6 is 11.8 Å². The van der Waals surface area contributed by atoms with Gasteiger partial charge in [0.2, 0.25) is 5.91 Å². The second-order valence-electron chi connectivity index (χ2n) is 8.24. The van der Waals surface area contributed by atoms with Gasteiger partial charge in [-0.25, -0.2) is 4.98 Å². The van der Waals surface area contributed by atoms with Crippen LogP contribution in [0.1, 0.15) is 24.8 Å². The number of amides is 1. The van der Waals surface area contributed by atoms with Crippen molar-refractivity contribution < 1.29 is 9.90 Å². The summed E-state index contributed by atoms with van der Waals surface area (Å²) >= 11 is 1.62. The van der Waals surface area contributed by atoms with Crippen molar-refractivity contribution in [1.82, 2.24) is 14.9 Å². The highest BCUT2D eigenvalue weighted by Crippen LogP contribution is 2.41. The molecule has 2 aliphatic rings. The van der Waals surface area contributed by atoms with Gasteiger partial charge in [0.25, 0.3) is 0 Å². The molecule has 1 N–H and O–H groups in total. The average Bonchev–Trinajstić information content (AvgIpc) is 2.73. The van der Waals surface area contributed by atoms with Gasteiger partial charge in [0, 0.05) is 43.5 Å². The first-order chi connectivity index (χ1) is 14.0. The summed E-state index contributed by atoms with van der Waals surface area (Å²) < 4.78 is 0. The van der Waals surface area contributed by atoms with Crippen molar-refractivity contribution in [3.05, 3.63) is 48.4 Å². The van der Waals surface area contributed by atoms with E-state index < -0.39 is 0 Å². The third-order valence-electron chi connectivity index (χ3n) is 6.12. The largest absolute Gasteiger partial charge is 0.391 e. The lowest BCUT2D eigenvalue weighted by atomic mass is 9.71. The number of hydrogen-bond acceptors (Lipinski definition) is 6. The molecule has 154 valence electrons. The molecule has 1 amide bonds. The number of carbonyl (C=O) groups is 1. The Kier molecular flexibility index (Phi) is 6.06. The number of anilines is 1. The molecule has 0 radical (unpaired) electrons. The smallest absolute Gasteiger partial charge is 0.232 e. The van der Waals surface area contributed by atoms with E-state index in [1.54, 1.807) is 30.4 Å². The summed E-state index contributed by atoms with van der Waals surface area (Å²) in [7, 11) is 0. The van der Waals surface area contributed by atoms with Crippen LogP contribution < -0.4 is 4.90 Å². The molecule has 6 nitrogen and oxygen atoms in total. The Labute approximate surface area is 176 Å². The van der Waals surface area contributed by atoms with Crippen molar-refractivity contribution in [2.45, 2.75) is 37.2 Å². The molecule has 1 spiro atoms. The highest BCUT2D eigenvalue weighted by Gasteiger charge is 2.42. The number of piperidine rings is 2. The predicted molar refractivity (Wildman–Crippen MR) is 115 cm³/mol. The minimum absolute atomic E-state index is 0.0368. The molecule has 1 unspecified atom stereocenters. The Hall–Kier alpha value is -2.12. The van der Waals surface area contributed by atoms with Crippen LogP contribution in [0.25, 0.3) is 0 Å². The average molecular weight is 413 g/mol. The van der Waals surface area contributed by atoms with Gasteiger partial charge >= 0.3 is 0 Å². The van der Waals surface area contributed by atoms with Crippen LogP contribution in [0.3, 0.4) is 0 Å². The molecule has 2 aromatic rings. The van der Waals surface area contributed by atoms with Gasteiger partial charge in [-0.1, -0.05) is 18.2 Å². The molecule has 2 saturated heterocycles. The van der Waals surface area contributed by atoms with Crippen molar-refractivity contribution in [1.29, 1.82) is 0 Å². The maximum absolute atomic E-state index is 12.7. The number of benzene rings is 1. The Bertz CT molecular complexity index is 840. The molecular formula is C22H28N4O2S. The van der Waals surface area contributed by atoms with Gasteiger partial charge < -0.3 is 14.9 Å². The molecule has 2 aliphatic heterocycles. The summed E-state index contributed by atoms with van der Waals surface area (Å²) in [5.74, 6) is 1.50. The topological polar surface area (TPSA) is 69.6 Å². The predicted octanol–water partition coefficient (Wildman–Crippen LogP) is 2.76. The molecule has 3 heterocycles. The SMILES string of the molecule is Cc1ccccc1SCC(=O)N1CCC2(CC1)CC(O)CN(c1cnccn1)C2. The molecule has 0 bridgehead atoms. The van der Waals surface area contributed by atoms with Crippen molar-refractivity contribution >= 4 is 23.5 Å². The van der Waals surface area contributed by atoms with Gasteiger partial charge in [-0.05, 0) is 43.2 Å². The van der Waals surface area contributed by atoms with Crippen LogP contribution in [0.5, 0.6) is 0 Å². The van der Waals surface area contributed by atoms with Crippen molar-refractivity contribution in [3.63, 3.8) is 0 Å². The lowest BCUT2D eigenvalue weighted by Crippen LogP contribution is -2.55. The van der Waals surface area contributed by atoms with Crippen LogP contribution in [0.2, 0.25) is 0 Å². The number of aliphatic hydroxyl groups excluding tert-OH is 1. The van der Waals surface area contributed by atoms with Crippen LogP contribution in [-0.2, 0) is 4.79 Å². The molecule has 1 atom stereocenters. The summed E-state index contributed by atoms with van der Waals surface area (Å²) in [5.41, 5.74) is 1.25. The van der Waals surface area contributed by atoms with Crippen molar-refractivity contribution in [3.8, 4) is 0 Å². The number of hydrogen-bond donors (Lipinski definition) is 1. The van der Waals surface area contributed by atoms with E-state index in [1.807, 2.05) is 17.0 Å². The van der Waals surface area contributed by atoms with E-state index in [9.17, 15) is 9.90 Å². The van der Waals surface area contributed by atoms with Gasteiger partial charge in [0.15, 0.2) is 0 Å². The van der Waals surface area contributed by atoms with Gasteiger partial charge in [-0.3, -0.25) is 9.78 Å². The molecule has 1 aromatic heterocycles. The summed E-state index contributed by atoms with van der Waals surface area (Å²) in [6.07, 6.45) is 7.37. The molecule has 0 aliphatic carbocycles. The zero-order valence-electron chi connectivity index (χ0n) is 16.8. The molecule has 1 aromatic carbocycles. The van der Waals surface area contributed by atoms with Gasteiger partial charge in [0.05, 0.1) is 18.1 Å². The fraction of sp³-hybridized carbons (Fsp3) is 0.500. The maximum Gasteiger partial charge on any atom is 0.232 e. The Morgan fingerprint density at radius 2 is 2.07 bits per heavy atom. The van der Waals surface area contributed by atoms with Crippen LogP contribution in [0.4, 0.5) is 5.82 Å². The van der Waals surface area contributed by atoms with E-state index in [4.69, 9.17) is 0 Å². The highest BCUT2D eigenvalue weighted by molar-refractivity contribution is 8.00. The fourth-order valence-corrected chi connectivity index (χ4v) is 5.46. The molecule has 0 saturated carbocycles. The number of nitrogens with zero attached hydrogens (tertiary/aromatic N) is 4. The van der Waals surface area contributed by atoms with E-state index in [2.05, 4.69) is 33.9 Å². The molecular weight excluding hydrogens is 384 g/mol. The number of rotatable bonds is 4.